The summed E-state index contributed by atoms with van der Waals surface area (Å²) >= 11 is 0. The van der Waals surface area contributed by atoms with Gasteiger partial charge in [0.15, 0.2) is 0 Å². The van der Waals surface area contributed by atoms with Crippen LogP contribution >= 0.6 is 0 Å². The number of carbonyl (C=O) groups excluding carboxylic acids is 2. The molecule has 0 aliphatic rings. The summed E-state index contributed by atoms with van der Waals surface area (Å²) in [6.07, 6.45) is 78.9. The van der Waals surface area contributed by atoms with Crippen molar-refractivity contribution in [2.24, 2.45) is 0 Å². The molecular weight excluding hydrogens is 899 g/mol. The molecule has 3 N–H and O–H groups in total. The number of amides is 1. The molecule has 0 saturated carbocycles. The van der Waals surface area contributed by atoms with Crippen molar-refractivity contribution in [1.82, 2.24) is 5.32 Å². The second kappa shape index (κ2) is 62.6. The van der Waals surface area contributed by atoms with Crippen molar-refractivity contribution in [1.29, 1.82) is 0 Å². The average molecular weight is 1030 g/mol. The molecule has 0 radical (unpaired) electrons. The summed E-state index contributed by atoms with van der Waals surface area (Å²) in [4.78, 5) is 24.5. The molecule has 0 heterocycles. The zero-order valence-corrected chi connectivity index (χ0v) is 49.1. The largest absolute Gasteiger partial charge is 0.466 e. The molecule has 73 heavy (non-hydrogen) atoms. The van der Waals surface area contributed by atoms with Crippen LogP contribution in [0.25, 0.3) is 0 Å². The molecule has 1 amide bonds. The topological polar surface area (TPSA) is 95.9 Å². The molecule has 0 saturated heterocycles. The minimum atomic E-state index is -0.663. The third kappa shape index (κ3) is 59.2. The first kappa shape index (κ1) is 71.1. The molecule has 430 valence electrons. The van der Waals surface area contributed by atoms with Gasteiger partial charge in [0.05, 0.1) is 25.4 Å². The first-order valence-electron chi connectivity index (χ1n) is 32.7. The number of aliphatic hydroxyl groups is 2. The summed E-state index contributed by atoms with van der Waals surface area (Å²) in [5.74, 6) is -0.0302. The maximum Gasteiger partial charge on any atom is 0.305 e. The number of aliphatic hydroxyl groups excluding tert-OH is 2. The van der Waals surface area contributed by atoms with Gasteiger partial charge < -0.3 is 20.3 Å². The van der Waals surface area contributed by atoms with Crippen molar-refractivity contribution in [2.45, 2.75) is 366 Å². The predicted molar refractivity (Wildman–Crippen MR) is 319 cm³/mol. The van der Waals surface area contributed by atoms with Gasteiger partial charge in [0.2, 0.25) is 5.91 Å². The zero-order valence-electron chi connectivity index (χ0n) is 49.1. The lowest BCUT2D eigenvalue weighted by Gasteiger charge is -2.22. The number of rotatable bonds is 61. The molecule has 0 aromatic rings. The molecular formula is C67H127NO5. The minimum Gasteiger partial charge on any atom is -0.466 e. The minimum absolute atomic E-state index is 0.00305. The van der Waals surface area contributed by atoms with Crippen LogP contribution in [0.15, 0.2) is 36.5 Å². The van der Waals surface area contributed by atoms with Crippen molar-refractivity contribution in [3.8, 4) is 0 Å². The Labute approximate surface area is 455 Å². The highest BCUT2D eigenvalue weighted by Crippen LogP contribution is 2.18. The molecule has 2 atom stereocenters. The van der Waals surface area contributed by atoms with Gasteiger partial charge in [0.25, 0.3) is 0 Å². The summed E-state index contributed by atoms with van der Waals surface area (Å²) in [7, 11) is 0. The second-order valence-electron chi connectivity index (χ2n) is 22.4. The third-order valence-electron chi connectivity index (χ3n) is 15.2. The van der Waals surface area contributed by atoms with E-state index in [0.717, 1.165) is 51.4 Å². The van der Waals surface area contributed by atoms with Crippen LogP contribution in [0.5, 0.6) is 0 Å². The van der Waals surface area contributed by atoms with Gasteiger partial charge in [-0.05, 0) is 83.5 Å². The van der Waals surface area contributed by atoms with E-state index in [1.807, 2.05) is 0 Å². The molecule has 6 nitrogen and oxygen atoms in total. The fourth-order valence-corrected chi connectivity index (χ4v) is 10.1. The fraction of sp³-hybridized carbons (Fsp3) is 0.881. The maximum atomic E-state index is 12.5. The van der Waals surface area contributed by atoms with Crippen LogP contribution in [-0.4, -0.2) is 47.4 Å². The number of allylic oxidation sites excluding steroid dienone is 6. The van der Waals surface area contributed by atoms with E-state index < -0.39 is 12.1 Å². The molecule has 0 aliphatic heterocycles. The lowest BCUT2D eigenvalue weighted by Crippen LogP contribution is -2.45. The molecule has 0 spiro atoms. The normalized spacial score (nSPS) is 12.8. The predicted octanol–water partition coefficient (Wildman–Crippen LogP) is 20.8. The monoisotopic (exact) mass is 1030 g/mol. The fourth-order valence-electron chi connectivity index (χ4n) is 10.1. The van der Waals surface area contributed by atoms with Crippen molar-refractivity contribution in [2.75, 3.05) is 13.2 Å². The molecule has 0 bridgehead atoms. The van der Waals surface area contributed by atoms with Crippen LogP contribution in [-0.2, 0) is 14.3 Å². The molecule has 0 aliphatic carbocycles. The highest BCUT2D eigenvalue weighted by atomic mass is 16.5. The van der Waals surface area contributed by atoms with E-state index >= 15 is 0 Å². The Morgan fingerprint density at radius 3 is 1.08 bits per heavy atom. The number of nitrogens with one attached hydrogen (secondary N) is 1. The number of carbonyl (C=O) groups is 2. The lowest BCUT2D eigenvalue weighted by molar-refractivity contribution is -0.143. The van der Waals surface area contributed by atoms with E-state index in [-0.39, 0.29) is 18.5 Å². The lowest BCUT2D eigenvalue weighted by atomic mass is 10.0. The Balaban J connectivity index is 3.39. The third-order valence-corrected chi connectivity index (χ3v) is 15.2. The number of unbranched alkanes of at least 4 members (excludes halogenated alkanes) is 44. The van der Waals surface area contributed by atoms with Gasteiger partial charge in [-0.15, -0.1) is 0 Å². The number of hydrogen-bond donors (Lipinski definition) is 3. The van der Waals surface area contributed by atoms with Gasteiger partial charge in [-0.1, -0.05) is 294 Å². The zero-order chi connectivity index (χ0) is 52.9. The Bertz CT molecular complexity index is 1180. The summed E-state index contributed by atoms with van der Waals surface area (Å²) in [6.45, 7) is 4.94. The number of ether oxygens (including phenoxy) is 1. The van der Waals surface area contributed by atoms with Gasteiger partial charge in [-0.25, -0.2) is 0 Å². The Kier molecular flexibility index (Phi) is 61.0. The Morgan fingerprint density at radius 1 is 0.384 bits per heavy atom. The van der Waals surface area contributed by atoms with Crippen molar-refractivity contribution >= 4 is 11.9 Å². The molecule has 6 heteroatoms. The van der Waals surface area contributed by atoms with E-state index in [2.05, 4.69) is 55.6 Å². The van der Waals surface area contributed by atoms with Crippen LogP contribution < -0.4 is 5.32 Å². The van der Waals surface area contributed by atoms with Gasteiger partial charge in [0.1, 0.15) is 0 Å². The van der Waals surface area contributed by atoms with Crippen LogP contribution in [0.4, 0.5) is 0 Å². The molecule has 0 rings (SSSR count). The number of hydrogen-bond acceptors (Lipinski definition) is 5. The Morgan fingerprint density at radius 2 is 0.685 bits per heavy atom. The van der Waals surface area contributed by atoms with Gasteiger partial charge in [-0.2, -0.15) is 0 Å². The van der Waals surface area contributed by atoms with Crippen molar-refractivity contribution in [3.63, 3.8) is 0 Å². The molecule has 0 aromatic carbocycles. The maximum absolute atomic E-state index is 12.5. The van der Waals surface area contributed by atoms with E-state index in [9.17, 15) is 19.8 Å². The Hall–Kier alpha value is -1.92. The highest BCUT2D eigenvalue weighted by molar-refractivity contribution is 5.76. The summed E-state index contributed by atoms with van der Waals surface area (Å²) in [5, 5.41) is 23.3. The van der Waals surface area contributed by atoms with Gasteiger partial charge in [-0.3, -0.25) is 9.59 Å². The number of esters is 1. The van der Waals surface area contributed by atoms with Gasteiger partial charge in [0, 0.05) is 12.8 Å². The van der Waals surface area contributed by atoms with Crippen LogP contribution in [0.2, 0.25) is 0 Å². The average Bonchev–Trinajstić information content (AvgIpc) is 3.39. The van der Waals surface area contributed by atoms with Gasteiger partial charge >= 0.3 is 5.97 Å². The first-order chi connectivity index (χ1) is 36.0. The van der Waals surface area contributed by atoms with Crippen molar-refractivity contribution in [3.05, 3.63) is 36.5 Å². The van der Waals surface area contributed by atoms with Crippen LogP contribution in [0.1, 0.15) is 354 Å². The summed E-state index contributed by atoms with van der Waals surface area (Å²) < 4.78 is 5.46. The molecule has 0 aromatic heterocycles. The smallest absolute Gasteiger partial charge is 0.305 e. The van der Waals surface area contributed by atoms with E-state index in [4.69, 9.17) is 4.74 Å². The van der Waals surface area contributed by atoms with Crippen LogP contribution in [0, 0.1) is 0 Å². The first-order valence-corrected chi connectivity index (χ1v) is 32.7. The second-order valence-corrected chi connectivity index (χ2v) is 22.4. The standard InChI is InChI=1S/C67H127NO5/c1-3-5-7-9-11-13-15-36-39-43-47-51-55-59-65(70)64(63-69)68-66(71)60-56-52-48-44-40-37-34-32-30-28-26-24-22-20-18-17-19-21-23-25-27-29-31-33-35-38-42-46-50-54-58-62-73-67(72)61-57-53-49-45-41-16-14-12-10-8-6-4-2/h12,14,19,21,25,27,64-65,69-70H,3-11,13,15-18,20,22-24,26,28-63H2,1-2H3,(H,68,71)/b14-12-,21-19-,27-25-. The van der Waals surface area contributed by atoms with E-state index in [0.29, 0.717) is 25.9 Å². The molecule has 2 unspecified atom stereocenters. The van der Waals surface area contributed by atoms with E-state index in [1.54, 1.807) is 0 Å². The molecule has 0 fully saturated rings. The summed E-state index contributed by atoms with van der Waals surface area (Å²) in [6, 6.07) is -0.540. The summed E-state index contributed by atoms with van der Waals surface area (Å²) in [5.41, 5.74) is 0. The van der Waals surface area contributed by atoms with Crippen LogP contribution in [0.3, 0.4) is 0 Å². The highest BCUT2D eigenvalue weighted by Gasteiger charge is 2.20. The SMILES string of the molecule is CCCCC/C=C\CCCCCCCC(=O)OCCCCCCCCCCC/C=C\C/C=C\CCCCCCCCCCCCCCCCCC(=O)NC(CO)C(O)CCCCCCCCCCCCCCC. The quantitative estimate of drug-likeness (QED) is 0.0320. The van der Waals surface area contributed by atoms with Crippen molar-refractivity contribution < 1.29 is 24.5 Å². The van der Waals surface area contributed by atoms with E-state index in [1.165, 1.54) is 270 Å².